The van der Waals surface area contributed by atoms with Gasteiger partial charge in [0.1, 0.15) is 11.6 Å². The van der Waals surface area contributed by atoms with E-state index in [4.69, 9.17) is 4.98 Å². The molecule has 2 heterocycles. The zero-order valence-electron chi connectivity index (χ0n) is 19.6. The van der Waals surface area contributed by atoms with Crippen molar-refractivity contribution in [2.24, 2.45) is 0 Å². The van der Waals surface area contributed by atoms with Crippen molar-refractivity contribution in [3.05, 3.63) is 72.6 Å². The van der Waals surface area contributed by atoms with Gasteiger partial charge in [0.15, 0.2) is 5.78 Å². The summed E-state index contributed by atoms with van der Waals surface area (Å²) in [7, 11) is 0. The van der Waals surface area contributed by atoms with Gasteiger partial charge in [0.2, 0.25) is 0 Å². The number of benzene rings is 1. The number of para-hydroxylation sites is 2. The van der Waals surface area contributed by atoms with Gasteiger partial charge in [-0.15, -0.1) is 0 Å². The summed E-state index contributed by atoms with van der Waals surface area (Å²) in [4.78, 5) is 21.6. The quantitative estimate of drug-likeness (QED) is 0.248. The van der Waals surface area contributed by atoms with Gasteiger partial charge in [-0.3, -0.25) is 4.79 Å². The van der Waals surface area contributed by atoms with Gasteiger partial charge in [-0.2, -0.15) is 0 Å². The van der Waals surface area contributed by atoms with Crippen LogP contribution in [0.15, 0.2) is 61.0 Å². The molecular weight excluding hydrogens is 396 g/mol. The van der Waals surface area contributed by atoms with E-state index in [-0.39, 0.29) is 5.78 Å². The molecule has 5 heteroatoms. The van der Waals surface area contributed by atoms with Crippen LogP contribution in [0.2, 0.25) is 0 Å². The monoisotopic (exact) mass is 430 g/mol. The van der Waals surface area contributed by atoms with Gasteiger partial charge in [-0.25, -0.2) is 9.97 Å². The molecule has 0 atom stereocenters. The topological polar surface area (TPSA) is 52.7 Å². The molecule has 0 saturated carbocycles. The third-order valence-electron chi connectivity index (χ3n) is 5.98. The minimum absolute atomic E-state index is 0.0684. The van der Waals surface area contributed by atoms with Crippen molar-refractivity contribution < 1.29 is 4.79 Å². The van der Waals surface area contributed by atoms with E-state index in [9.17, 15) is 4.79 Å². The molecule has 3 rings (SSSR count). The van der Waals surface area contributed by atoms with E-state index < -0.39 is 0 Å². The first-order valence-electron chi connectivity index (χ1n) is 11.7. The highest BCUT2D eigenvalue weighted by atomic mass is 16.1. The van der Waals surface area contributed by atoms with Crippen molar-refractivity contribution in [2.45, 2.75) is 65.5 Å². The Hall–Kier alpha value is -3.21. The van der Waals surface area contributed by atoms with Gasteiger partial charge in [-0.05, 0) is 62.1 Å². The highest BCUT2D eigenvalue weighted by Crippen LogP contribution is 2.26. The number of carbonyl (C=O) groups is 1. The Bertz CT molecular complexity index is 1110. The molecule has 0 saturated heterocycles. The second-order valence-electron chi connectivity index (χ2n) is 7.92. The van der Waals surface area contributed by atoms with Crippen molar-refractivity contribution in [1.29, 1.82) is 0 Å². The number of allylic oxidation sites excluding steroid dienone is 4. The largest absolute Gasteiger partial charge is 0.328 e. The fourth-order valence-electron chi connectivity index (χ4n) is 4.17. The Morgan fingerprint density at radius 1 is 0.906 bits per heavy atom. The van der Waals surface area contributed by atoms with Gasteiger partial charge < -0.3 is 9.13 Å². The molecule has 2 aromatic heterocycles. The van der Waals surface area contributed by atoms with E-state index in [0.29, 0.717) is 12.1 Å². The number of imidazole rings is 2. The summed E-state index contributed by atoms with van der Waals surface area (Å²) >= 11 is 0. The molecule has 32 heavy (non-hydrogen) atoms. The smallest absolute Gasteiger partial charge is 0.178 e. The molecule has 0 spiro atoms. The van der Waals surface area contributed by atoms with Gasteiger partial charge in [-0.1, -0.05) is 52.0 Å². The van der Waals surface area contributed by atoms with Gasteiger partial charge in [0, 0.05) is 24.5 Å². The van der Waals surface area contributed by atoms with Crippen molar-refractivity contribution in [3.8, 4) is 0 Å². The lowest BCUT2D eigenvalue weighted by Gasteiger charge is -2.17. The van der Waals surface area contributed by atoms with Crippen molar-refractivity contribution in [2.75, 3.05) is 0 Å². The van der Waals surface area contributed by atoms with Gasteiger partial charge in [0.05, 0.1) is 11.0 Å². The lowest BCUT2D eigenvalue weighted by atomic mass is 10.1. The third kappa shape index (κ3) is 5.34. The van der Waals surface area contributed by atoms with E-state index in [1.54, 1.807) is 18.2 Å². The lowest BCUT2D eigenvalue weighted by Crippen LogP contribution is -2.08. The van der Waals surface area contributed by atoms with Crippen LogP contribution in [-0.4, -0.2) is 24.9 Å². The summed E-state index contributed by atoms with van der Waals surface area (Å²) in [6.07, 6.45) is 18.6. The average molecular weight is 431 g/mol. The second kappa shape index (κ2) is 11.4. The molecule has 168 valence electrons. The lowest BCUT2D eigenvalue weighted by molar-refractivity contribution is -0.110. The molecule has 5 nitrogen and oxygen atoms in total. The Kier molecular flexibility index (Phi) is 8.37. The summed E-state index contributed by atoms with van der Waals surface area (Å²) in [5, 5.41) is 0. The summed E-state index contributed by atoms with van der Waals surface area (Å²) in [5.41, 5.74) is 2.07. The number of carbonyl (C=O) groups excluding carboxylic acids is 1. The van der Waals surface area contributed by atoms with Crippen LogP contribution in [0, 0.1) is 0 Å². The van der Waals surface area contributed by atoms with Crippen LogP contribution in [0.3, 0.4) is 0 Å². The van der Waals surface area contributed by atoms with Crippen molar-refractivity contribution >= 4 is 29.0 Å². The predicted octanol–water partition coefficient (Wildman–Crippen LogP) is 6.81. The molecule has 0 aliphatic heterocycles. The second-order valence-corrected chi connectivity index (χ2v) is 7.92. The summed E-state index contributed by atoms with van der Waals surface area (Å²) in [5.74, 6) is 1.66. The number of fused-ring (bicyclic) bond motifs is 1. The Morgan fingerprint density at radius 3 is 2.34 bits per heavy atom. The van der Waals surface area contributed by atoms with Crippen molar-refractivity contribution in [1.82, 2.24) is 19.1 Å². The van der Waals surface area contributed by atoms with Crippen LogP contribution in [-0.2, 0) is 4.79 Å². The number of nitrogens with zero attached hydrogens (tertiary/aromatic N) is 4. The van der Waals surface area contributed by atoms with Crippen LogP contribution in [0.25, 0.3) is 23.2 Å². The minimum Gasteiger partial charge on any atom is -0.328 e. The minimum atomic E-state index is -0.0684. The highest BCUT2D eigenvalue weighted by Gasteiger charge is 2.15. The highest BCUT2D eigenvalue weighted by molar-refractivity contribution is 6.02. The van der Waals surface area contributed by atoms with E-state index in [2.05, 4.69) is 47.9 Å². The van der Waals surface area contributed by atoms with Gasteiger partial charge in [0.25, 0.3) is 0 Å². The molecule has 0 aliphatic rings. The first kappa shape index (κ1) is 23.5. The number of ketones is 1. The van der Waals surface area contributed by atoms with E-state index in [1.807, 2.05) is 48.8 Å². The molecule has 0 amide bonds. The summed E-state index contributed by atoms with van der Waals surface area (Å²) < 4.78 is 4.44. The van der Waals surface area contributed by atoms with E-state index in [1.165, 1.54) is 0 Å². The average Bonchev–Trinajstić information content (AvgIpc) is 3.42. The van der Waals surface area contributed by atoms with Crippen LogP contribution in [0.5, 0.6) is 0 Å². The van der Waals surface area contributed by atoms with Crippen LogP contribution in [0.1, 0.15) is 77.1 Å². The van der Waals surface area contributed by atoms with Gasteiger partial charge >= 0.3 is 0 Å². The molecule has 0 radical (unpaired) electrons. The summed E-state index contributed by atoms with van der Waals surface area (Å²) in [6.45, 7) is 8.74. The Balaban J connectivity index is 1.73. The third-order valence-corrected chi connectivity index (χ3v) is 5.98. The molecular formula is C27H34N4O. The molecule has 1 aromatic carbocycles. The maximum absolute atomic E-state index is 12.4. The number of hydrogen-bond acceptors (Lipinski definition) is 3. The number of rotatable bonds is 11. The summed E-state index contributed by atoms with van der Waals surface area (Å²) in [6, 6.07) is 8.94. The Labute approximate surface area is 191 Å². The molecule has 0 bridgehead atoms. The zero-order valence-corrected chi connectivity index (χ0v) is 19.6. The Morgan fingerprint density at radius 2 is 1.62 bits per heavy atom. The first-order valence-corrected chi connectivity index (χ1v) is 11.7. The van der Waals surface area contributed by atoms with E-state index in [0.717, 1.165) is 48.4 Å². The van der Waals surface area contributed by atoms with E-state index >= 15 is 0 Å². The standard InChI is InChI=1S/C27H34N4O/c1-5-21(6-2)30-20-19-28-26(30)16-12-9-13-23(32)17-18-27-29-24-14-10-11-15-25(24)31(27)22(7-3)8-4/h9-22H,5-8H2,1-4H3/b13-9+,16-12+,18-17+. The number of hydrogen-bond donors (Lipinski definition) is 0. The molecule has 0 fully saturated rings. The zero-order chi connectivity index (χ0) is 22.9. The molecule has 0 unspecified atom stereocenters. The maximum atomic E-state index is 12.4. The first-order chi connectivity index (χ1) is 15.6. The van der Waals surface area contributed by atoms with Crippen LogP contribution < -0.4 is 0 Å². The fourth-order valence-corrected chi connectivity index (χ4v) is 4.17. The van der Waals surface area contributed by atoms with Crippen molar-refractivity contribution in [3.63, 3.8) is 0 Å². The van der Waals surface area contributed by atoms with Crippen LogP contribution in [0.4, 0.5) is 0 Å². The molecule has 3 aromatic rings. The fraction of sp³-hybridized carbons (Fsp3) is 0.370. The normalized spacial score (nSPS) is 12.6. The number of aromatic nitrogens is 4. The molecule has 0 N–H and O–H groups in total. The maximum Gasteiger partial charge on any atom is 0.178 e. The van der Waals surface area contributed by atoms with Crippen LogP contribution >= 0.6 is 0 Å². The molecule has 0 aliphatic carbocycles. The SMILES string of the molecule is CCC(CC)n1ccnc1/C=C/C=C/C(=O)/C=C/c1nc2ccccc2n1C(CC)CC. The predicted molar refractivity (Wildman–Crippen MR) is 133 cm³/mol.